The highest BCUT2D eigenvalue weighted by Crippen LogP contribution is 2.29. The van der Waals surface area contributed by atoms with Crippen molar-refractivity contribution in [2.45, 2.75) is 6.92 Å². The Labute approximate surface area is 117 Å². The first-order valence-corrected chi connectivity index (χ1v) is 7.61. The third-order valence-corrected chi connectivity index (χ3v) is 3.83. The average molecular weight is 303 g/mol. The lowest BCUT2D eigenvalue weighted by Gasteiger charge is -2.09. The molecule has 0 spiro atoms. The summed E-state index contributed by atoms with van der Waals surface area (Å²) in [4.78, 5) is 10.3. The number of rotatable bonds is 8. The second-order valence-electron chi connectivity index (χ2n) is 3.82. The van der Waals surface area contributed by atoms with Crippen LogP contribution in [0.25, 0.3) is 0 Å². The summed E-state index contributed by atoms with van der Waals surface area (Å²) in [6.45, 7) is 2.22. The highest BCUT2D eigenvalue weighted by molar-refractivity contribution is 7.89. The van der Waals surface area contributed by atoms with Gasteiger partial charge in [-0.3, -0.25) is 10.1 Å². The van der Waals surface area contributed by atoms with E-state index >= 15 is 0 Å². The Morgan fingerprint density at radius 3 is 2.65 bits per heavy atom. The number of nitro benzene ring substituents is 1. The highest BCUT2D eigenvalue weighted by Gasteiger charge is 2.15. The van der Waals surface area contributed by atoms with E-state index < -0.39 is 14.9 Å². The van der Waals surface area contributed by atoms with Gasteiger partial charge in [0.15, 0.2) is 5.75 Å². The molecule has 0 aliphatic carbocycles. The molecule has 9 heteroatoms. The normalized spacial score (nSPS) is 11.1. The van der Waals surface area contributed by atoms with Gasteiger partial charge in [-0.2, -0.15) is 0 Å². The van der Waals surface area contributed by atoms with Crippen molar-refractivity contribution in [2.24, 2.45) is 0 Å². The molecule has 0 aromatic heterocycles. The molecule has 0 amide bonds. The SMILES string of the molecule is CCOc1cc(NCCS(=O)(=O)NC)ccc1[N+](=O)[O-]. The summed E-state index contributed by atoms with van der Waals surface area (Å²) in [5.41, 5.74) is 0.436. The van der Waals surface area contributed by atoms with E-state index in [0.29, 0.717) is 12.3 Å². The quantitative estimate of drug-likeness (QED) is 0.546. The van der Waals surface area contributed by atoms with Crippen LogP contribution < -0.4 is 14.8 Å². The first-order chi connectivity index (χ1) is 9.39. The molecule has 1 rings (SSSR count). The van der Waals surface area contributed by atoms with Gasteiger partial charge in [-0.1, -0.05) is 0 Å². The predicted molar refractivity (Wildman–Crippen MR) is 75.6 cm³/mol. The van der Waals surface area contributed by atoms with Gasteiger partial charge in [-0.05, 0) is 20.0 Å². The molecule has 0 fully saturated rings. The monoisotopic (exact) mass is 303 g/mol. The maximum atomic E-state index is 11.2. The van der Waals surface area contributed by atoms with Crippen molar-refractivity contribution in [1.29, 1.82) is 0 Å². The van der Waals surface area contributed by atoms with Crippen molar-refractivity contribution < 1.29 is 18.1 Å². The van der Waals surface area contributed by atoms with E-state index in [9.17, 15) is 18.5 Å². The van der Waals surface area contributed by atoms with E-state index in [1.54, 1.807) is 6.92 Å². The summed E-state index contributed by atoms with van der Waals surface area (Å²) in [6.07, 6.45) is 0. The Kier molecular flexibility index (Phi) is 5.71. The number of sulfonamides is 1. The molecular formula is C11H17N3O5S. The molecule has 0 saturated carbocycles. The van der Waals surface area contributed by atoms with Crippen molar-refractivity contribution in [2.75, 3.05) is 31.3 Å². The first kappa shape index (κ1) is 16.2. The fraction of sp³-hybridized carbons (Fsp3) is 0.455. The van der Waals surface area contributed by atoms with Crippen LogP contribution in [0.3, 0.4) is 0 Å². The van der Waals surface area contributed by atoms with Gasteiger partial charge in [0.25, 0.3) is 0 Å². The van der Waals surface area contributed by atoms with E-state index in [2.05, 4.69) is 10.0 Å². The van der Waals surface area contributed by atoms with Crippen LogP contribution in [0.1, 0.15) is 6.92 Å². The van der Waals surface area contributed by atoms with Crippen molar-refractivity contribution >= 4 is 21.4 Å². The molecule has 0 unspecified atom stereocenters. The molecule has 8 nitrogen and oxygen atoms in total. The smallest absolute Gasteiger partial charge is 0.311 e. The van der Waals surface area contributed by atoms with Gasteiger partial charge in [-0.25, -0.2) is 13.1 Å². The van der Waals surface area contributed by atoms with E-state index in [1.165, 1.54) is 25.2 Å². The lowest BCUT2D eigenvalue weighted by Crippen LogP contribution is -2.26. The zero-order chi connectivity index (χ0) is 15.2. The first-order valence-electron chi connectivity index (χ1n) is 5.96. The topological polar surface area (TPSA) is 111 Å². The van der Waals surface area contributed by atoms with Crippen LogP contribution in [-0.2, 0) is 10.0 Å². The zero-order valence-corrected chi connectivity index (χ0v) is 12.1. The number of anilines is 1. The van der Waals surface area contributed by atoms with Gasteiger partial charge in [-0.15, -0.1) is 0 Å². The number of benzene rings is 1. The van der Waals surface area contributed by atoms with E-state index in [-0.39, 0.29) is 23.7 Å². The second kappa shape index (κ2) is 7.06. The summed E-state index contributed by atoms with van der Waals surface area (Å²) in [5, 5.41) is 13.7. The van der Waals surface area contributed by atoms with Gasteiger partial charge in [0.2, 0.25) is 10.0 Å². The zero-order valence-electron chi connectivity index (χ0n) is 11.3. The molecule has 0 bridgehead atoms. The minimum atomic E-state index is -3.28. The fourth-order valence-corrected chi connectivity index (χ4v) is 2.05. The van der Waals surface area contributed by atoms with Crippen molar-refractivity contribution in [3.05, 3.63) is 28.3 Å². The van der Waals surface area contributed by atoms with Crippen LogP contribution in [0.4, 0.5) is 11.4 Å². The lowest BCUT2D eigenvalue weighted by atomic mass is 10.2. The van der Waals surface area contributed by atoms with Crippen LogP contribution in [0, 0.1) is 10.1 Å². The Balaban J connectivity index is 2.77. The molecule has 1 aromatic rings. The van der Waals surface area contributed by atoms with Crippen LogP contribution in [0.15, 0.2) is 18.2 Å². The Morgan fingerprint density at radius 1 is 1.40 bits per heavy atom. The molecule has 0 saturated heterocycles. The van der Waals surface area contributed by atoms with Crippen LogP contribution in [-0.4, -0.2) is 39.3 Å². The number of nitrogens with zero attached hydrogens (tertiary/aromatic N) is 1. The Bertz CT molecular complexity index is 573. The second-order valence-corrected chi connectivity index (χ2v) is 5.87. The molecule has 112 valence electrons. The number of nitrogens with one attached hydrogen (secondary N) is 2. The van der Waals surface area contributed by atoms with Crippen molar-refractivity contribution in [3.63, 3.8) is 0 Å². The van der Waals surface area contributed by atoms with Gasteiger partial charge in [0.1, 0.15) is 0 Å². The molecular weight excluding hydrogens is 286 g/mol. The van der Waals surface area contributed by atoms with Gasteiger partial charge in [0, 0.05) is 24.4 Å². The van der Waals surface area contributed by atoms with E-state index in [0.717, 1.165) is 0 Å². The summed E-state index contributed by atoms with van der Waals surface area (Å²) >= 11 is 0. The number of nitro groups is 1. The Hall–Kier alpha value is -1.87. The Morgan fingerprint density at radius 2 is 2.10 bits per heavy atom. The summed E-state index contributed by atoms with van der Waals surface area (Å²) < 4.78 is 29.9. The number of hydrogen-bond acceptors (Lipinski definition) is 6. The average Bonchev–Trinajstić information content (AvgIpc) is 2.39. The van der Waals surface area contributed by atoms with Crippen molar-refractivity contribution in [3.8, 4) is 5.75 Å². The molecule has 0 aliphatic rings. The van der Waals surface area contributed by atoms with E-state index in [4.69, 9.17) is 4.74 Å². The highest BCUT2D eigenvalue weighted by atomic mass is 32.2. The molecule has 1 aromatic carbocycles. The maximum Gasteiger partial charge on any atom is 0.311 e. The summed E-state index contributed by atoms with van der Waals surface area (Å²) in [5.74, 6) is 0.0590. The minimum absolute atomic E-state index is 0.0928. The molecule has 0 aliphatic heterocycles. The largest absolute Gasteiger partial charge is 0.487 e. The van der Waals surface area contributed by atoms with Gasteiger partial charge < -0.3 is 10.1 Å². The van der Waals surface area contributed by atoms with Crippen LogP contribution in [0.2, 0.25) is 0 Å². The molecule has 2 N–H and O–H groups in total. The van der Waals surface area contributed by atoms with Crippen molar-refractivity contribution in [1.82, 2.24) is 4.72 Å². The summed E-state index contributed by atoms with van der Waals surface area (Å²) in [7, 11) is -1.94. The van der Waals surface area contributed by atoms with Crippen LogP contribution in [0.5, 0.6) is 5.75 Å². The minimum Gasteiger partial charge on any atom is -0.487 e. The number of ether oxygens (including phenoxy) is 1. The number of hydrogen-bond donors (Lipinski definition) is 2. The molecule has 0 atom stereocenters. The molecule has 0 heterocycles. The van der Waals surface area contributed by atoms with Gasteiger partial charge >= 0.3 is 5.69 Å². The summed E-state index contributed by atoms with van der Waals surface area (Å²) in [6, 6.07) is 4.31. The fourth-order valence-electron chi connectivity index (χ4n) is 1.48. The predicted octanol–water partition coefficient (Wildman–Crippen LogP) is 0.955. The van der Waals surface area contributed by atoms with Gasteiger partial charge in [0.05, 0.1) is 17.3 Å². The standard InChI is InChI=1S/C11H17N3O5S/c1-3-19-11-8-9(4-5-10(11)14(15)16)13-6-7-20(17,18)12-2/h4-5,8,12-13H,3,6-7H2,1-2H3. The molecule has 0 radical (unpaired) electrons. The van der Waals surface area contributed by atoms with Crippen LogP contribution >= 0.6 is 0 Å². The van der Waals surface area contributed by atoms with E-state index in [1.807, 2.05) is 0 Å². The maximum absolute atomic E-state index is 11.2. The third-order valence-electron chi connectivity index (χ3n) is 2.47. The lowest BCUT2D eigenvalue weighted by molar-refractivity contribution is -0.385. The third kappa shape index (κ3) is 4.67. The molecule has 20 heavy (non-hydrogen) atoms.